The van der Waals surface area contributed by atoms with Crippen molar-refractivity contribution in [2.45, 2.75) is 19.8 Å². The Balaban J connectivity index is 1.82. The Hall–Kier alpha value is -2.69. The SMILES string of the molecule is Cc1cc2nccc(C(=O)N3CCCc4ccccc43)n2n1. The van der Waals surface area contributed by atoms with Gasteiger partial charge in [0.1, 0.15) is 5.69 Å². The number of hydrogen-bond acceptors (Lipinski definition) is 3. The van der Waals surface area contributed by atoms with Gasteiger partial charge >= 0.3 is 0 Å². The smallest absolute Gasteiger partial charge is 0.277 e. The zero-order valence-electron chi connectivity index (χ0n) is 12.4. The van der Waals surface area contributed by atoms with Gasteiger partial charge in [0.25, 0.3) is 5.91 Å². The Morgan fingerprint density at radius 1 is 1.23 bits per heavy atom. The average molecular weight is 292 g/mol. The van der Waals surface area contributed by atoms with E-state index in [-0.39, 0.29) is 5.91 Å². The van der Waals surface area contributed by atoms with Gasteiger partial charge in [0.2, 0.25) is 0 Å². The Bertz CT molecular complexity index is 868. The van der Waals surface area contributed by atoms with Crippen molar-refractivity contribution in [3.8, 4) is 0 Å². The molecule has 5 heteroatoms. The summed E-state index contributed by atoms with van der Waals surface area (Å²) in [6.45, 7) is 2.64. The van der Waals surface area contributed by atoms with E-state index in [9.17, 15) is 4.79 Å². The molecule has 0 radical (unpaired) electrons. The van der Waals surface area contributed by atoms with Crippen molar-refractivity contribution >= 4 is 17.2 Å². The molecule has 0 fully saturated rings. The van der Waals surface area contributed by atoms with E-state index in [2.05, 4.69) is 16.1 Å². The summed E-state index contributed by atoms with van der Waals surface area (Å²) in [5.41, 5.74) is 4.34. The first kappa shape index (κ1) is 13.0. The van der Waals surface area contributed by atoms with Gasteiger partial charge in [-0.05, 0) is 37.5 Å². The number of aromatic nitrogens is 3. The van der Waals surface area contributed by atoms with E-state index in [1.54, 1.807) is 16.8 Å². The van der Waals surface area contributed by atoms with Crippen molar-refractivity contribution in [2.75, 3.05) is 11.4 Å². The number of para-hydroxylation sites is 1. The predicted molar refractivity (Wildman–Crippen MR) is 84.2 cm³/mol. The fraction of sp³-hybridized carbons (Fsp3) is 0.235. The van der Waals surface area contributed by atoms with Crippen molar-refractivity contribution in [1.29, 1.82) is 0 Å². The van der Waals surface area contributed by atoms with Crippen molar-refractivity contribution < 1.29 is 4.79 Å². The molecule has 0 atom stereocenters. The van der Waals surface area contributed by atoms with Crippen LogP contribution in [0.5, 0.6) is 0 Å². The van der Waals surface area contributed by atoms with E-state index in [1.165, 1.54) is 5.56 Å². The molecule has 3 aromatic rings. The molecule has 0 aliphatic carbocycles. The number of benzene rings is 1. The first-order valence-corrected chi connectivity index (χ1v) is 7.45. The van der Waals surface area contributed by atoms with E-state index in [0.29, 0.717) is 11.3 Å². The summed E-state index contributed by atoms with van der Waals surface area (Å²) in [7, 11) is 0. The van der Waals surface area contributed by atoms with Gasteiger partial charge in [-0.1, -0.05) is 18.2 Å². The van der Waals surface area contributed by atoms with Crippen LogP contribution >= 0.6 is 0 Å². The minimum absolute atomic E-state index is 0.0253. The van der Waals surface area contributed by atoms with Gasteiger partial charge in [0.15, 0.2) is 5.65 Å². The molecule has 1 aliphatic heterocycles. The number of carbonyl (C=O) groups is 1. The zero-order chi connectivity index (χ0) is 15.1. The van der Waals surface area contributed by atoms with Crippen LogP contribution in [-0.2, 0) is 6.42 Å². The highest BCUT2D eigenvalue weighted by molar-refractivity contribution is 6.05. The fourth-order valence-corrected chi connectivity index (χ4v) is 3.05. The Morgan fingerprint density at radius 3 is 3.00 bits per heavy atom. The van der Waals surface area contributed by atoms with Crippen LogP contribution in [0.15, 0.2) is 42.6 Å². The average Bonchev–Trinajstić information content (AvgIpc) is 2.93. The van der Waals surface area contributed by atoms with Crippen LogP contribution in [0.2, 0.25) is 0 Å². The Labute approximate surface area is 128 Å². The van der Waals surface area contributed by atoms with Gasteiger partial charge < -0.3 is 4.90 Å². The molecule has 0 saturated carbocycles. The van der Waals surface area contributed by atoms with Crippen molar-refractivity contribution in [1.82, 2.24) is 14.6 Å². The number of hydrogen-bond donors (Lipinski definition) is 0. The molecule has 1 aromatic carbocycles. The quantitative estimate of drug-likeness (QED) is 0.693. The number of anilines is 1. The molecule has 0 spiro atoms. The number of nitrogens with zero attached hydrogens (tertiary/aromatic N) is 4. The van der Waals surface area contributed by atoms with Crippen molar-refractivity contribution in [2.24, 2.45) is 0 Å². The number of aryl methyl sites for hydroxylation is 2. The summed E-state index contributed by atoms with van der Waals surface area (Å²) < 4.78 is 1.63. The van der Waals surface area contributed by atoms with Gasteiger partial charge in [-0.25, -0.2) is 9.50 Å². The standard InChI is InChI=1S/C17H16N4O/c1-12-11-16-18-9-8-15(21(16)19-12)17(22)20-10-4-6-13-5-2-3-7-14(13)20/h2-3,5,7-9,11H,4,6,10H2,1H3. The highest BCUT2D eigenvalue weighted by Crippen LogP contribution is 2.28. The molecule has 3 heterocycles. The van der Waals surface area contributed by atoms with E-state index < -0.39 is 0 Å². The first-order chi connectivity index (χ1) is 10.7. The second kappa shape index (κ2) is 4.94. The van der Waals surface area contributed by atoms with Crippen LogP contribution in [0.4, 0.5) is 5.69 Å². The van der Waals surface area contributed by atoms with E-state index in [0.717, 1.165) is 30.8 Å². The molecule has 110 valence electrons. The molecule has 0 bridgehead atoms. The number of amides is 1. The number of fused-ring (bicyclic) bond motifs is 2. The topological polar surface area (TPSA) is 50.5 Å². The summed E-state index contributed by atoms with van der Waals surface area (Å²) in [5, 5.41) is 4.39. The zero-order valence-corrected chi connectivity index (χ0v) is 12.4. The third kappa shape index (κ3) is 1.97. The van der Waals surface area contributed by atoms with E-state index >= 15 is 0 Å². The molecule has 1 amide bonds. The third-order valence-electron chi connectivity index (χ3n) is 4.05. The molecule has 5 nitrogen and oxygen atoms in total. The third-order valence-corrected chi connectivity index (χ3v) is 4.05. The molecule has 0 N–H and O–H groups in total. The van der Waals surface area contributed by atoms with Crippen LogP contribution in [-0.4, -0.2) is 27.0 Å². The number of rotatable bonds is 1. The minimum atomic E-state index is -0.0253. The summed E-state index contributed by atoms with van der Waals surface area (Å²) in [6.07, 6.45) is 3.67. The molecule has 0 unspecified atom stereocenters. The highest BCUT2D eigenvalue weighted by Gasteiger charge is 2.25. The summed E-state index contributed by atoms with van der Waals surface area (Å²) in [4.78, 5) is 19.1. The van der Waals surface area contributed by atoms with Crippen molar-refractivity contribution in [3.05, 3.63) is 59.5 Å². The maximum Gasteiger partial charge on any atom is 0.277 e. The lowest BCUT2D eigenvalue weighted by molar-refractivity contribution is 0.0978. The largest absolute Gasteiger partial charge is 0.307 e. The molecular formula is C17H16N4O. The molecule has 2 aromatic heterocycles. The Kier molecular flexibility index (Phi) is 2.92. The first-order valence-electron chi connectivity index (χ1n) is 7.45. The lowest BCUT2D eigenvalue weighted by Gasteiger charge is -2.29. The molecular weight excluding hydrogens is 276 g/mol. The lowest BCUT2D eigenvalue weighted by Crippen LogP contribution is -2.36. The normalized spacial score (nSPS) is 14.1. The summed E-state index contributed by atoms with van der Waals surface area (Å²) >= 11 is 0. The maximum atomic E-state index is 13.0. The van der Waals surface area contributed by atoms with Gasteiger partial charge in [0.05, 0.1) is 5.69 Å². The van der Waals surface area contributed by atoms with E-state index in [1.807, 2.05) is 36.1 Å². The minimum Gasteiger partial charge on any atom is -0.307 e. The van der Waals surface area contributed by atoms with Crippen LogP contribution in [0, 0.1) is 6.92 Å². The maximum absolute atomic E-state index is 13.0. The second-order valence-corrected chi connectivity index (χ2v) is 5.57. The van der Waals surface area contributed by atoms with Crippen LogP contribution in [0.25, 0.3) is 5.65 Å². The van der Waals surface area contributed by atoms with Gasteiger partial charge in [-0.2, -0.15) is 5.10 Å². The highest BCUT2D eigenvalue weighted by atomic mass is 16.2. The molecule has 22 heavy (non-hydrogen) atoms. The van der Waals surface area contributed by atoms with E-state index in [4.69, 9.17) is 0 Å². The van der Waals surface area contributed by atoms with Crippen LogP contribution in [0.3, 0.4) is 0 Å². The van der Waals surface area contributed by atoms with Crippen molar-refractivity contribution in [3.63, 3.8) is 0 Å². The van der Waals surface area contributed by atoms with Gasteiger partial charge in [0, 0.05) is 24.5 Å². The van der Waals surface area contributed by atoms with Gasteiger partial charge in [-0.3, -0.25) is 4.79 Å². The molecule has 1 aliphatic rings. The predicted octanol–water partition coefficient (Wildman–Crippen LogP) is 2.63. The molecule has 0 saturated heterocycles. The Morgan fingerprint density at radius 2 is 2.09 bits per heavy atom. The van der Waals surface area contributed by atoms with Gasteiger partial charge in [-0.15, -0.1) is 0 Å². The lowest BCUT2D eigenvalue weighted by atomic mass is 10.0. The number of carbonyl (C=O) groups excluding carboxylic acids is 1. The monoisotopic (exact) mass is 292 g/mol. The van der Waals surface area contributed by atoms with Crippen LogP contribution in [0.1, 0.15) is 28.2 Å². The summed E-state index contributed by atoms with van der Waals surface area (Å²) in [6, 6.07) is 11.7. The molecule has 4 rings (SSSR count). The fourth-order valence-electron chi connectivity index (χ4n) is 3.05. The van der Waals surface area contributed by atoms with Crippen LogP contribution < -0.4 is 4.90 Å². The summed E-state index contributed by atoms with van der Waals surface area (Å²) in [5.74, 6) is -0.0253. The second-order valence-electron chi connectivity index (χ2n) is 5.57.